The normalized spacial score (nSPS) is 13.2. The number of aromatic amines is 2. The van der Waals surface area contributed by atoms with Crippen LogP contribution in [0.25, 0.3) is 44.2 Å². The first-order valence-corrected chi connectivity index (χ1v) is 17.0. The molecule has 0 radical (unpaired) electrons. The molecule has 1 unspecified atom stereocenters. The number of aliphatic hydroxyl groups is 1. The van der Waals surface area contributed by atoms with Gasteiger partial charge in [-0.25, -0.2) is 14.8 Å². The number of H-pyrrole nitrogens is 2. The van der Waals surface area contributed by atoms with Crippen molar-refractivity contribution in [3.05, 3.63) is 72.4 Å². The van der Waals surface area contributed by atoms with Gasteiger partial charge in [0.15, 0.2) is 0 Å². The number of rotatable bonds is 15. The van der Waals surface area contributed by atoms with Gasteiger partial charge in [-0.15, -0.1) is 0 Å². The largest absolute Gasteiger partial charge is 0.453 e. The molecule has 0 aliphatic carbocycles. The van der Waals surface area contributed by atoms with Crippen LogP contribution in [0.1, 0.15) is 51.8 Å². The van der Waals surface area contributed by atoms with Crippen molar-refractivity contribution in [3.63, 3.8) is 0 Å². The molecule has 5 rings (SSSR count). The van der Waals surface area contributed by atoms with E-state index in [2.05, 4.69) is 66.7 Å². The number of likely N-dealkylation sites (N-methyl/N-ethyl adjacent to an activating group) is 1. The molecule has 3 atom stereocenters. The number of amides is 3. The second-order valence-corrected chi connectivity index (χ2v) is 12.3. The number of benzene rings is 3. The maximum absolute atomic E-state index is 13.1. The number of hydrogen-bond acceptors (Lipinski definition) is 9. The van der Waals surface area contributed by atoms with Gasteiger partial charge in [0.05, 0.1) is 49.2 Å². The molecule has 270 valence electrons. The fourth-order valence-electron chi connectivity index (χ4n) is 6.02. The minimum atomic E-state index is -1.20. The second kappa shape index (κ2) is 16.6. The zero-order valence-corrected chi connectivity index (χ0v) is 29.8. The third kappa shape index (κ3) is 8.71. The van der Waals surface area contributed by atoms with E-state index in [1.807, 2.05) is 39.0 Å². The minimum absolute atomic E-state index is 0.0521. The number of carbonyl (C=O) groups is 3. The quantitative estimate of drug-likeness (QED) is 0.0972. The van der Waals surface area contributed by atoms with Crippen LogP contribution in [0.5, 0.6) is 0 Å². The van der Waals surface area contributed by atoms with E-state index in [1.54, 1.807) is 22.9 Å². The van der Waals surface area contributed by atoms with Crippen LogP contribution < -0.4 is 10.6 Å². The Kier molecular flexibility index (Phi) is 12.0. The van der Waals surface area contributed by atoms with Gasteiger partial charge >= 0.3 is 6.09 Å². The van der Waals surface area contributed by atoms with E-state index in [0.29, 0.717) is 31.3 Å². The van der Waals surface area contributed by atoms with Crippen LogP contribution in [-0.4, -0.2) is 99.1 Å². The lowest BCUT2D eigenvalue weighted by atomic mass is 9.99. The molecule has 2 heterocycles. The van der Waals surface area contributed by atoms with Gasteiger partial charge in [0.2, 0.25) is 18.2 Å². The zero-order chi connectivity index (χ0) is 36.7. The molecular formula is C37H46N8O6. The van der Waals surface area contributed by atoms with Crippen LogP contribution >= 0.6 is 0 Å². The Bertz CT molecular complexity index is 1990. The number of nitrogens with one attached hydrogen (secondary N) is 4. The fourth-order valence-corrected chi connectivity index (χ4v) is 6.02. The predicted octanol–water partition coefficient (Wildman–Crippen LogP) is 4.68. The summed E-state index contributed by atoms with van der Waals surface area (Å²) in [7, 11) is 2.61. The Morgan fingerprint density at radius 3 is 2.31 bits per heavy atom. The average Bonchev–Trinajstić information content (AvgIpc) is 3.80. The molecule has 51 heavy (non-hydrogen) atoms. The number of alkyl carbamates (subject to hydrolysis) is 1. The number of aromatic nitrogens is 4. The first-order chi connectivity index (χ1) is 24.5. The highest BCUT2D eigenvalue weighted by atomic mass is 16.6. The molecule has 0 fully saturated rings. The van der Waals surface area contributed by atoms with Crippen LogP contribution in [-0.2, 0) is 25.6 Å². The summed E-state index contributed by atoms with van der Waals surface area (Å²) >= 11 is 0. The van der Waals surface area contributed by atoms with Crippen LogP contribution in [0.4, 0.5) is 4.79 Å². The molecular weight excluding hydrogens is 652 g/mol. The lowest BCUT2D eigenvalue weighted by Gasteiger charge is -2.29. The summed E-state index contributed by atoms with van der Waals surface area (Å²) < 4.78 is 9.39. The summed E-state index contributed by atoms with van der Waals surface area (Å²) in [6.45, 7) is 8.69. The third-order valence-electron chi connectivity index (χ3n) is 8.83. The summed E-state index contributed by atoms with van der Waals surface area (Å²) in [6, 6.07) is 17.5. The van der Waals surface area contributed by atoms with Crippen molar-refractivity contribution in [2.24, 2.45) is 0 Å². The summed E-state index contributed by atoms with van der Waals surface area (Å²) in [4.78, 5) is 56.9. The SMILES string of the molecule is CCCN(Cc1ncc(-c2ccc3cc(-c4ccc5nc([C@H](C)N(CC)C(=O)[C@H](C)NC(=O)OC)[nH]c5c4)ccc3c2)[nH]1)C(=O)CNC(O)OC. The molecule has 0 aliphatic rings. The molecule has 0 aliphatic heterocycles. The molecule has 5 N–H and O–H groups in total. The number of carbonyl (C=O) groups excluding carboxylic acids is 3. The van der Waals surface area contributed by atoms with Crippen molar-refractivity contribution < 1.29 is 29.0 Å². The Morgan fingerprint density at radius 1 is 0.941 bits per heavy atom. The van der Waals surface area contributed by atoms with Crippen molar-refractivity contribution in [1.82, 2.24) is 40.4 Å². The smallest absolute Gasteiger partial charge is 0.407 e. The molecule has 3 amide bonds. The van der Waals surface area contributed by atoms with E-state index >= 15 is 0 Å². The lowest BCUT2D eigenvalue weighted by molar-refractivity contribution is -0.136. The van der Waals surface area contributed by atoms with E-state index in [4.69, 9.17) is 9.72 Å². The van der Waals surface area contributed by atoms with Gasteiger partial charge in [0.25, 0.3) is 0 Å². The third-order valence-corrected chi connectivity index (χ3v) is 8.83. The molecule has 2 aromatic heterocycles. The molecule has 14 heteroatoms. The van der Waals surface area contributed by atoms with E-state index in [9.17, 15) is 19.5 Å². The van der Waals surface area contributed by atoms with Gasteiger partial charge in [0.1, 0.15) is 17.7 Å². The van der Waals surface area contributed by atoms with Crippen molar-refractivity contribution in [1.29, 1.82) is 0 Å². The van der Waals surface area contributed by atoms with Gasteiger partial charge in [-0.1, -0.05) is 37.3 Å². The number of methoxy groups -OCH3 is 2. The number of hydrogen-bond donors (Lipinski definition) is 5. The Hall–Kier alpha value is -5.31. The van der Waals surface area contributed by atoms with Gasteiger partial charge in [-0.3, -0.25) is 14.9 Å². The monoisotopic (exact) mass is 698 g/mol. The lowest BCUT2D eigenvalue weighted by Crippen LogP contribution is -2.47. The average molecular weight is 699 g/mol. The van der Waals surface area contributed by atoms with E-state index in [1.165, 1.54) is 14.2 Å². The highest BCUT2D eigenvalue weighted by Gasteiger charge is 2.27. The Labute approximate surface area is 296 Å². The molecule has 0 bridgehead atoms. The van der Waals surface area contributed by atoms with Crippen LogP contribution in [0, 0.1) is 0 Å². The fraction of sp³-hybridized carbons (Fsp3) is 0.378. The highest BCUT2D eigenvalue weighted by molar-refractivity contribution is 5.92. The summed E-state index contributed by atoms with van der Waals surface area (Å²) in [5.74, 6) is 0.924. The molecule has 5 aromatic rings. The van der Waals surface area contributed by atoms with Crippen LogP contribution in [0.15, 0.2) is 60.8 Å². The van der Waals surface area contributed by atoms with Crippen molar-refractivity contribution in [3.8, 4) is 22.4 Å². The summed E-state index contributed by atoms with van der Waals surface area (Å²) in [5.41, 5.74) is 5.53. The Morgan fingerprint density at radius 2 is 1.63 bits per heavy atom. The maximum atomic E-state index is 13.1. The number of aliphatic hydroxyl groups excluding tert-OH is 1. The minimum Gasteiger partial charge on any atom is -0.453 e. The first-order valence-electron chi connectivity index (χ1n) is 17.0. The second-order valence-electron chi connectivity index (χ2n) is 12.3. The molecule has 0 saturated heterocycles. The molecule has 0 spiro atoms. The highest BCUT2D eigenvalue weighted by Crippen LogP contribution is 2.30. The van der Waals surface area contributed by atoms with Crippen LogP contribution in [0.2, 0.25) is 0 Å². The molecule has 14 nitrogen and oxygen atoms in total. The standard InChI is InChI=1S/C37H46N8O6/c1-7-15-44(33(46)20-39-36(48)50-5)21-32-38-19-31(41-32)28-12-11-24-16-25(9-10-26(24)17-28)27-13-14-29-30(18-27)43-34(42-29)23(4)45(8-2)35(47)22(3)40-37(49)51-6/h9-14,16-19,22-23,36,39,48H,7-8,15,20-21H2,1-6H3,(H,38,41)(H,40,49)(H,42,43)/t22-,23-,36?/m0/s1. The van der Waals surface area contributed by atoms with Crippen molar-refractivity contribution in [2.75, 3.05) is 33.9 Å². The number of fused-ring (bicyclic) bond motifs is 2. The summed E-state index contributed by atoms with van der Waals surface area (Å²) in [6.07, 6.45) is 0.697. The maximum Gasteiger partial charge on any atom is 0.407 e. The number of nitrogens with zero attached hydrogens (tertiary/aromatic N) is 4. The predicted molar refractivity (Wildman–Crippen MR) is 194 cm³/mol. The van der Waals surface area contributed by atoms with Gasteiger partial charge in [-0.2, -0.15) is 0 Å². The van der Waals surface area contributed by atoms with Gasteiger partial charge < -0.3 is 39.7 Å². The van der Waals surface area contributed by atoms with Gasteiger partial charge in [-0.05, 0) is 73.4 Å². The number of ether oxygens (including phenoxy) is 2. The van der Waals surface area contributed by atoms with E-state index in [0.717, 1.165) is 50.6 Å². The summed E-state index contributed by atoms with van der Waals surface area (Å²) in [5, 5.41) is 16.9. The topological polar surface area (TPSA) is 178 Å². The van der Waals surface area contributed by atoms with Crippen molar-refractivity contribution >= 4 is 39.7 Å². The molecule has 3 aromatic carbocycles. The van der Waals surface area contributed by atoms with Gasteiger partial charge in [0, 0.05) is 25.8 Å². The number of imidazole rings is 2. The van der Waals surface area contributed by atoms with E-state index in [-0.39, 0.29) is 24.4 Å². The zero-order valence-electron chi connectivity index (χ0n) is 29.8. The Balaban J connectivity index is 1.30. The van der Waals surface area contributed by atoms with E-state index < -0.39 is 18.5 Å². The first kappa shape index (κ1) is 37.0. The molecule has 0 saturated carbocycles. The van der Waals surface area contributed by atoms with Crippen molar-refractivity contribution in [2.45, 2.75) is 59.2 Å². The van der Waals surface area contributed by atoms with Crippen LogP contribution in [0.3, 0.4) is 0 Å².